The van der Waals surface area contributed by atoms with Crippen molar-refractivity contribution in [1.29, 1.82) is 5.26 Å². The highest BCUT2D eigenvalue weighted by Crippen LogP contribution is 2.29. The Kier molecular flexibility index (Phi) is 4.94. The number of halogens is 2. The topological polar surface area (TPSA) is 53.2 Å². The summed E-state index contributed by atoms with van der Waals surface area (Å²) in [6.45, 7) is 1.66. The van der Waals surface area contributed by atoms with Crippen LogP contribution >= 0.6 is 15.9 Å². The second-order valence-electron chi connectivity index (χ2n) is 4.56. The molecule has 0 heterocycles. The van der Waals surface area contributed by atoms with E-state index in [1.165, 1.54) is 18.2 Å². The first kappa shape index (κ1) is 15.5. The van der Waals surface area contributed by atoms with Gasteiger partial charge in [0.2, 0.25) is 0 Å². The quantitative estimate of drug-likeness (QED) is 0.904. The van der Waals surface area contributed by atoms with E-state index < -0.39 is 11.9 Å². The lowest BCUT2D eigenvalue weighted by Crippen LogP contribution is -2.03. The normalized spacial score (nSPS) is 11.8. The average molecular weight is 350 g/mol. The van der Waals surface area contributed by atoms with Crippen LogP contribution in [0.3, 0.4) is 0 Å². The van der Waals surface area contributed by atoms with Crippen molar-refractivity contribution in [1.82, 2.24) is 0 Å². The third-order valence-corrected chi connectivity index (χ3v) is 3.48. The Balaban J connectivity index is 2.20. The number of nitrogens with zero attached hydrogens (tertiary/aromatic N) is 1. The Morgan fingerprint density at radius 1 is 1.33 bits per heavy atom. The number of nitriles is 1. The van der Waals surface area contributed by atoms with Crippen LogP contribution in [0.2, 0.25) is 0 Å². The van der Waals surface area contributed by atoms with Gasteiger partial charge >= 0.3 is 0 Å². The summed E-state index contributed by atoms with van der Waals surface area (Å²) in [5.74, 6) is 0.00535. The van der Waals surface area contributed by atoms with E-state index in [0.29, 0.717) is 16.9 Å². The molecule has 0 saturated carbocycles. The van der Waals surface area contributed by atoms with E-state index in [4.69, 9.17) is 10.00 Å². The van der Waals surface area contributed by atoms with Crippen molar-refractivity contribution in [2.75, 3.05) is 0 Å². The van der Waals surface area contributed by atoms with Crippen LogP contribution in [0.25, 0.3) is 0 Å². The van der Waals surface area contributed by atoms with E-state index in [0.717, 1.165) is 4.47 Å². The predicted molar refractivity (Wildman–Crippen MR) is 80.2 cm³/mol. The fraction of sp³-hybridized carbons (Fsp3) is 0.188. The van der Waals surface area contributed by atoms with Gasteiger partial charge in [-0.15, -0.1) is 0 Å². The summed E-state index contributed by atoms with van der Waals surface area (Å²) < 4.78 is 20.2. The monoisotopic (exact) mass is 349 g/mol. The van der Waals surface area contributed by atoms with E-state index in [1.807, 2.05) is 6.07 Å². The van der Waals surface area contributed by atoms with Crippen LogP contribution in [0.1, 0.15) is 29.7 Å². The van der Waals surface area contributed by atoms with Crippen LogP contribution in [0.5, 0.6) is 5.75 Å². The third-order valence-electron chi connectivity index (χ3n) is 2.99. The molecule has 0 saturated heterocycles. The molecular formula is C16H13BrFNO2. The maximum Gasteiger partial charge on any atom is 0.131 e. The second kappa shape index (κ2) is 6.70. The number of ether oxygens (including phenoxy) is 1. The molecule has 0 aromatic heterocycles. The van der Waals surface area contributed by atoms with Gasteiger partial charge in [0.1, 0.15) is 18.2 Å². The summed E-state index contributed by atoms with van der Waals surface area (Å²) in [7, 11) is 0. The average Bonchev–Trinajstić information content (AvgIpc) is 2.45. The first-order chi connectivity index (χ1) is 10.0. The molecule has 0 spiro atoms. The molecule has 1 atom stereocenters. The van der Waals surface area contributed by atoms with Crippen molar-refractivity contribution in [2.24, 2.45) is 0 Å². The number of benzene rings is 2. The van der Waals surface area contributed by atoms with Gasteiger partial charge in [0.25, 0.3) is 0 Å². The van der Waals surface area contributed by atoms with Crippen LogP contribution in [0, 0.1) is 17.1 Å². The SMILES string of the molecule is C[C@@H](O)c1ccc(Br)cc1OCc1ccc(C#N)cc1F. The maximum absolute atomic E-state index is 13.8. The van der Waals surface area contributed by atoms with E-state index in [-0.39, 0.29) is 12.2 Å². The highest BCUT2D eigenvalue weighted by atomic mass is 79.9. The number of aliphatic hydroxyl groups excluding tert-OH is 1. The number of hydrogen-bond acceptors (Lipinski definition) is 3. The molecular weight excluding hydrogens is 337 g/mol. The third kappa shape index (κ3) is 3.81. The van der Waals surface area contributed by atoms with Crippen molar-refractivity contribution in [3.05, 3.63) is 63.4 Å². The number of aliphatic hydroxyl groups is 1. The lowest BCUT2D eigenvalue weighted by atomic mass is 10.1. The van der Waals surface area contributed by atoms with Gasteiger partial charge in [-0.3, -0.25) is 0 Å². The molecule has 108 valence electrons. The molecule has 0 aliphatic carbocycles. The zero-order valence-corrected chi connectivity index (χ0v) is 12.9. The van der Waals surface area contributed by atoms with E-state index in [1.54, 1.807) is 25.1 Å². The number of rotatable bonds is 4. The highest BCUT2D eigenvalue weighted by Gasteiger charge is 2.11. The molecule has 3 nitrogen and oxygen atoms in total. The standard InChI is InChI=1S/C16H13BrFNO2/c1-10(20)14-5-4-13(17)7-16(14)21-9-12-3-2-11(8-19)6-15(12)18/h2-7,10,20H,9H2,1H3/t10-/m1/s1. The van der Waals surface area contributed by atoms with Gasteiger partial charge < -0.3 is 9.84 Å². The van der Waals surface area contributed by atoms with Gasteiger partial charge in [0.05, 0.1) is 17.7 Å². The summed E-state index contributed by atoms with van der Waals surface area (Å²) in [5.41, 5.74) is 1.25. The highest BCUT2D eigenvalue weighted by molar-refractivity contribution is 9.10. The van der Waals surface area contributed by atoms with Gasteiger partial charge in [-0.05, 0) is 31.2 Å². The summed E-state index contributed by atoms with van der Waals surface area (Å²) in [4.78, 5) is 0. The summed E-state index contributed by atoms with van der Waals surface area (Å²) >= 11 is 3.33. The minimum atomic E-state index is -0.682. The molecule has 2 aromatic rings. The second-order valence-corrected chi connectivity index (χ2v) is 5.48. The maximum atomic E-state index is 13.8. The van der Waals surface area contributed by atoms with Crippen molar-refractivity contribution in [3.8, 4) is 11.8 Å². The van der Waals surface area contributed by atoms with Gasteiger partial charge in [-0.2, -0.15) is 5.26 Å². The molecule has 0 radical (unpaired) electrons. The molecule has 2 rings (SSSR count). The molecule has 1 N–H and O–H groups in total. The van der Waals surface area contributed by atoms with Gasteiger partial charge in [0.15, 0.2) is 0 Å². The zero-order chi connectivity index (χ0) is 15.4. The molecule has 0 amide bonds. The summed E-state index contributed by atoms with van der Waals surface area (Å²) in [6.07, 6.45) is -0.682. The van der Waals surface area contributed by atoms with Crippen LogP contribution in [-0.2, 0) is 6.61 Å². The molecule has 0 unspecified atom stereocenters. The predicted octanol–water partition coefficient (Wildman–Crippen LogP) is 4.09. The molecule has 5 heteroatoms. The smallest absolute Gasteiger partial charge is 0.131 e. The fourth-order valence-electron chi connectivity index (χ4n) is 1.87. The van der Waals surface area contributed by atoms with Gasteiger partial charge in [0, 0.05) is 15.6 Å². The Morgan fingerprint density at radius 3 is 2.71 bits per heavy atom. The first-order valence-corrected chi connectivity index (χ1v) is 7.09. The van der Waals surface area contributed by atoms with Gasteiger partial charge in [-0.1, -0.05) is 28.1 Å². The lowest BCUT2D eigenvalue weighted by Gasteiger charge is -2.14. The molecule has 21 heavy (non-hydrogen) atoms. The van der Waals surface area contributed by atoms with E-state index >= 15 is 0 Å². The van der Waals surface area contributed by atoms with Crippen molar-refractivity contribution < 1.29 is 14.2 Å². The zero-order valence-electron chi connectivity index (χ0n) is 11.3. The summed E-state index contributed by atoms with van der Waals surface area (Å²) in [5, 5.41) is 18.4. The molecule has 0 aliphatic rings. The summed E-state index contributed by atoms with van der Waals surface area (Å²) in [6, 6.07) is 11.4. The number of hydrogen-bond donors (Lipinski definition) is 1. The molecule has 0 bridgehead atoms. The van der Waals surface area contributed by atoms with Crippen molar-refractivity contribution >= 4 is 15.9 Å². The Morgan fingerprint density at radius 2 is 2.10 bits per heavy atom. The Labute approximate surface area is 130 Å². The Hall–Kier alpha value is -1.90. The largest absolute Gasteiger partial charge is 0.488 e. The van der Waals surface area contributed by atoms with Crippen LogP contribution in [0.4, 0.5) is 4.39 Å². The van der Waals surface area contributed by atoms with Gasteiger partial charge in [-0.25, -0.2) is 4.39 Å². The molecule has 0 fully saturated rings. The van der Waals surface area contributed by atoms with Crippen molar-refractivity contribution in [3.63, 3.8) is 0 Å². The molecule has 0 aliphatic heterocycles. The minimum Gasteiger partial charge on any atom is -0.488 e. The molecule has 2 aromatic carbocycles. The fourth-order valence-corrected chi connectivity index (χ4v) is 2.21. The van der Waals surface area contributed by atoms with E-state index in [2.05, 4.69) is 15.9 Å². The van der Waals surface area contributed by atoms with E-state index in [9.17, 15) is 9.50 Å². The first-order valence-electron chi connectivity index (χ1n) is 6.30. The van der Waals surface area contributed by atoms with Crippen LogP contribution in [0.15, 0.2) is 40.9 Å². The Bertz CT molecular complexity index is 695. The van der Waals surface area contributed by atoms with Crippen LogP contribution in [-0.4, -0.2) is 5.11 Å². The minimum absolute atomic E-state index is 0.0215. The van der Waals surface area contributed by atoms with Crippen molar-refractivity contribution in [2.45, 2.75) is 19.6 Å². The van der Waals surface area contributed by atoms with Crippen LogP contribution < -0.4 is 4.74 Å². The lowest BCUT2D eigenvalue weighted by molar-refractivity contribution is 0.190.